The van der Waals surface area contributed by atoms with E-state index in [2.05, 4.69) is 5.32 Å². The van der Waals surface area contributed by atoms with Crippen LogP contribution in [0.25, 0.3) is 0 Å². The Morgan fingerprint density at radius 3 is 2.11 bits per heavy atom. The van der Waals surface area contributed by atoms with Crippen molar-refractivity contribution >= 4 is 23.8 Å². The number of halogens is 1. The monoisotopic (exact) mass is 294 g/mol. The number of nitrogens with zero attached hydrogens (tertiary/aromatic N) is 3. The Morgan fingerprint density at radius 1 is 1.05 bits per heavy atom. The Balaban J connectivity index is 0.000000191. The molecule has 4 amide bonds. The van der Waals surface area contributed by atoms with Gasteiger partial charge >= 0.3 is 12.1 Å². The highest BCUT2D eigenvalue weighted by atomic mass is 35.5. The lowest BCUT2D eigenvalue weighted by molar-refractivity contribution is 0.190. The van der Waals surface area contributed by atoms with Crippen LogP contribution in [0, 0.1) is 0 Å². The minimum absolute atomic E-state index is 0.00350. The first-order chi connectivity index (χ1) is 9.10. The topological polar surface area (TPSA) is 96.3 Å². The molecule has 0 aromatic carbocycles. The summed E-state index contributed by atoms with van der Waals surface area (Å²) in [6.07, 6.45) is 0. The van der Waals surface area contributed by atoms with Gasteiger partial charge in [-0.25, -0.2) is 14.0 Å². The van der Waals surface area contributed by atoms with Crippen LogP contribution in [0.2, 0.25) is 0 Å². The fourth-order valence-corrected chi connectivity index (χ4v) is 1.91. The van der Waals surface area contributed by atoms with E-state index < -0.39 is 0 Å². The van der Waals surface area contributed by atoms with Crippen LogP contribution >= 0.6 is 11.8 Å². The molecule has 0 unspecified atom stereocenters. The normalized spacial score (nSPS) is 18.6. The summed E-state index contributed by atoms with van der Waals surface area (Å²) >= 11 is 5.45. The van der Waals surface area contributed by atoms with Crippen LogP contribution in [-0.2, 0) is 0 Å². The maximum atomic E-state index is 10.9. The number of aliphatic hydroxyl groups is 2. The van der Waals surface area contributed by atoms with Crippen molar-refractivity contribution < 1.29 is 19.8 Å². The number of nitrogens with one attached hydrogen (secondary N) is 1. The molecule has 0 atom stereocenters. The second kappa shape index (κ2) is 8.03. The fourth-order valence-electron chi connectivity index (χ4n) is 1.73. The predicted octanol–water partition coefficient (Wildman–Crippen LogP) is -1.13. The Labute approximate surface area is 116 Å². The first-order valence-electron chi connectivity index (χ1n) is 6.07. The van der Waals surface area contributed by atoms with Crippen molar-refractivity contribution in [2.24, 2.45) is 0 Å². The molecule has 110 valence electrons. The molecule has 9 heteroatoms. The average molecular weight is 295 g/mol. The van der Waals surface area contributed by atoms with Gasteiger partial charge in [0.2, 0.25) is 0 Å². The first-order valence-corrected chi connectivity index (χ1v) is 6.40. The van der Waals surface area contributed by atoms with E-state index in [9.17, 15) is 9.59 Å². The Kier molecular flexibility index (Phi) is 6.68. The van der Waals surface area contributed by atoms with E-state index in [1.165, 1.54) is 4.90 Å². The minimum Gasteiger partial charge on any atom is -0.395 e. The molecule has 0 aliphatic carbocycles. The number of aliphatic hydroxyl groups excluding tert-OH is 2. The van der Waals surface area contributed by atoms with Crippen LogP contribution in [0.15, 0.2) is 0 Å². The lowest BCUT2D eigenvalue weighted by atomic mass is 10.5. The predicted molar refractivity (Wildman–Crippen MR) is 68.7 cm³/mol. The number of urea groups is 2. The van der Waals surface area contributed by atoms with Gasteiger partial charge in [-0.1, -0.05) is 0 Å². The largest absolute Gasteiger partial charge is 0.395 e. The van der Waals surface area contributed by atoms with Gasteiger partial charge in [0.1, 0.15) is 0 Å². The zero-order chi connectivity index (χ0) is 14.3. The Bertz CT molecular complexity index is 316. The van der Waals surface area contributed by atoms with Gasteiger partial charge in [-0.3, -0.25) is 0 Å². The average Bonchev–Trinajstić information content (AvgIpc) is 2.93. The second-order valence-corrected chi connectivity index (χ2v) is 4.43. The number of carbonyl (C=O) groups is 2. The molecule has 0 saturated carbocycles. The van der Waals surface area contributed by atoms with E-state index in [0.29, 0.717) is 32.7 Å². The number of amides is 4. The maximum absolute atomic E-state index is 10.9. The lowest BCUT2D eigenvalue weighted by Gasteiger charge is -2.11. The Morgan fingerprint density at radius 2 is 1.68 bits per heavy atom. The number of hydrogen-bond acceptors (Lipinski definition) is 4. The molecular formula is C10H19ClN4O4. The smallest absolute Gasteiger partial charge is 0.334 e. The third kappa shape index (κ3) is 4.73. The van der Waals surface area contributed by atoms with E-state index in [1.807, 2.05) is 0 Å². The standard InChI is InChI=1S/C5H9ClN2O2.C5H10N2O2/c6-8-2-1-7(3-4-9)5(8)10;8-4-3-7-2-1-6-5(7)9/h9H,1-4H2;8H,1-4H2,(H,6,9). The van der Waals surface area contributed by atoms with Crippen LogP contribution in [0.4, 0.5) is 9.59 Å². The molecule has 2 heterocycles. The van der Waals surface area contributed by atoms with Crippen molar-refractivity contribution in [3.8, 4) is 0 Å². The van der Waals surface area contributed by atoms with E-state index in [4.69, 9.17) is 22.0 Å². The van der Waals surface area contributed by atoms with Crippen LogP contribution in [-0.4, -0.2) is 89.0 Å². The van der Waals surface area contributed by atoms with Crippen molar-refractivity contribution in [1.29, 1.82) is 0 Å². The van der Waals surface area contributed by atoms with Gasteiger partial charge in [0.25, 0.3) is 0 Å². The molecule has 8 nitrogen and oxygen atoms in total. The summed E-state index contributed by atoms with van der Waals surface area (Å²) in [6, 6.07) is -0.278. The van der Waals surface area contributed by atoms with Gasteiger partial charge in [0.05, 0.1) is 19.8 Å². The molecule has 2 fully saturated rings. The summed E-state index contributed by atoms with van der Waals surface area (Å²) in [4.78, 5) is 24.7. The summed E-state index contributed by atoms with van der Waals surface area (Å²) in [5, 5.41) is 19.5. The molecule has 0 spiro atoms. The van der Waals surface area contributed by atoms with Gasteiger partial charge in [0, 0.05) is 44.5 Å². The molecule has 0 aromatic rings. The molecule has 0 bridgehead atoms. The van der Waals surface area contributed by atoms with E-state index in [-0.39, 0.29) is 25.3 Å². The summed E-state index contributed by atoms with van der Waals surface area (Å²) in [5.74, 6) is 0. The van der Waals surface area contributed by atoms with E-state index >= 15 is 0 Å². The first kappa shape index (κ1) is 15.8. The molecule has 2 saturated heterocycles. The molecule has 0 radical (unpaired) electrons. The van der Waals surface area contributed by atoms with Crippen LogP contribution < -0.4 is 5.32 Å². The number of carbonyl (C=O) groups excluding carboxylic acids is 2. The molecule has 3 N–H and O–H groups in total. The number of rotatable bonds is 4. The van der Waals surface area contributed by atoms with Gasteiger partial charge in [-0.05, 0) is 0 Å². The van der Waals surface area contributed by atoms with E-state index in [0.717, 1.165) is 11.0 Å². The maximum Gasteiger partial charge on any atom is 0.334 e. The van der Waals surface area contributed by atoms with Crippen molar-refractivity contribution in [2.45, 2.75) is 0 Å². The summed E-state index contributed by atoms with van der Waals surface area (Å²) in [5.41, 5.74) is 0. The van der Waals surface area contributed by atoms with Crippen LogP contribution in [0.5, 0.6) is 0 Å². The third-order valence-corrected chi connectivity index (χ3v) is 3.04. The highest BCUT2D eigenvalue weighted by molar-refractivity contribution is 6.21. The van der Waals surface area contributed by atoms with Crippen molar-refractivity contribution in [3.63, 3.8) is 0 Å². The molecule has 2 aliphatic heterocycles. The second-order valence-electron chi connectivity index (χ2n) is 4.02. The highest BCUT2D eigenvalue weighted by Crippen LogP contribution is 2.09. The number of hydrogen-bond donors (Lipinski definition) is 3. The minimum atomic E-state index is -0.212. The van der Waals surface area contributed by atoms with Gasteiger partial charge < -0.3 is 25.3 Å². The van der Waals surface area contributed by atoms with E-state index in [1.54, 1.807) is 4.90 Å². The van der Waals surface area contributed by atoms with Gasteiger partial charge in [-0.2, -0.15) is 0 Å². The lowest BCUT2D eigenvalue weighted by Crippen LogP contribution is -2.30. The summed E-state index contributed by atoms with van der Waals surface area (Å²) in [6.45, 7) is 3.46. The summed E-state index contributed by atoms with van der Waals surface area (Å²) in [7, 11) is 0. The molecular weight excluding hydrogens is 276 g/mol. The zero-order valence-corrected chi connectivity index (χ0v) is 11.3. The molecule has 0 aromatic heterocycles. The van der Waals surface area contributed by atoms with Crippen molar-refractivity contribution in [3.05, 3.63) is 0 Å². The SMILES string of the molecule is O=C1N(Cl)CCN1CCO.O=C1NCCN1CCO. The summed E-state index contributed by atoms with van der Waals surface area (Å²) < 4.78 is 1.12. The van der Waals surface area contributed by atoms with Crippen LogP contribution in [0.3, 0.4) is 0 Å². The van der Waals surface area contributed by atoms with Gasteiger partial charge in [-0.15, -0.1) is 0 Å². The van der Waals surface area contributed by atoms with Crippen molar-refractivity contribution in [1.82, 2.24) is 19.5 Å². The zero-order valence-electron chi connectivity index (χ0n) is 10.6. The number of β-amino-alcohol motifs (C(OH)–C–C–N with tert-alkyl or cyclic N) is 2. The van der Waals surface area contributed by atoms with Gasteiger partial charge in [0.15, 0.2) is 0 Å². The molecule has 19 heavy (non-hydrogen) atoms. The highest BCUT2D eigenvalue weighted by Gasteiger charge is 2.26. The Hall–Kier alpha value is -1.25. The quantitative estimate of drug-likeness (QED) is 0.572. The molecule has 2 aliphatic rings. The van der Waals surface area contributed by atoms with Crippen LogP contribution in [0.1, 0.15) is 0 Å². The van der Waals surface area contributed by atoms with Crippen molar-refractivity contribution in [2.75, 3.05) is 52.5 Å². The molecule has 2 rings (SSSR count). The third-order valence-electron chi connectivity index (χ3n) is 2.73. The fraction of sp³-hybridized carbons (Fsp3) is 0.800.